The van der Waals surface area contributed by atoms with E-state index in [4.69, 9.17) is 19.1 Å². The lowest BCUT2D eigenvalue weighted by Crippen LogP contribution is -2.29. The number of unbranched alkanes of at least 4 members (excludes halogenated alkanes) is 15. The standard InChI is InChI=1S/C44H77O10P/c1-3-5-7-9-11-13-15-17-19-20-22-24-26-28-30-32-34-36-44(48)54-42(40-53-55(49,50)52-38-41(46)37-45)39-51-43(47)35-33-31-29-27-25-23-21-18-16-14-12-10-8-6-4-2/h6,8,12,14,17-19,21,25,27,41-42,45-46H,3-5,7,9-11,13,15-16,20,22-24,26,28-40H2,1-2H3,(H,49,50)/b8-6+,14-12+,19-17+,21-18+,27-25+/t41-,42+/m0/s1. The minimum absolute atomic E-state index is 0.168. The van der Waals surface area contributed by atoms with Crippen LogP contribution >= 0.6 is 7.82 Å². The van der Waals surface area contributed by atoms with Crippen LogP contribution in [0.3, 0.4) is 0 Å². The lowest BCUT2D eigenvalue weighted by atomic mass is 10.1. The van der Waals surface area contributed by atoms with Crippen molar-refractivity contribution in [3.63, 3.8) is 0 Å². The van der Waals surface area contributed by atoms with Gasteiger partial charge >= 0.3 is 19.8 Å². The number of aliphatic hydroxyl groups excluding tert-OH is 2. The van der Waals surface area contributed by atoms with E-state index >= 15 is 0 Å². The van der Waals surface area contributed by atoms with E-state index in [0.717, 1.165) is 64.2 Å². The smallest absolute Gasteiger partial charge is 0.462 e. The predicted molar refractivity (Wildman–Crippen MR) is 224 cm³/mol. The number of carbonyl (C=O) groups is 2. The van der Waals surface area contributed by atoms with Crippen LogP contribution in [0.5, 0.6) is 0 Å². The van der Waals surface area contributed by atoms with Crippen LogP contribution in [0.1, 0.15) is 168 Å². The van der Waals surface area contributed by atoms with E-state index in [9.17, 15) is 24.2 Å². The molecule has 0 radical (unpaired) electrons. The molecule has 0 aliphatic heterocycles. The van der Waals surface area contributed by atoms with Gasteiger partial charge in [-0.15, -0.1) is 0 Å². The summed E-state index contributed by atoms with van der Waals surface area (Å²) in [6.45, 7) is 2.20. The maximum absolute atomic E-state index is 12.6. The van der Waals surface area contributed by atoms with Gasteiger partial charge in [-0.05, 0) is 77.0 Å². The number of allylic oxidation sites excluding steroid dienone is 10. The Balaban J connectivity index is 4.38. The van der Waals surface area contributed by atoms with Crippen molar-refractivity contribution in [1.29, 1.82) is 0 Å². The number of esters is 2. The van der Waals surface area contributed by atoms with Crippen molar-refractivity contribution in [2.45, 2.75) is 180 Å². The van der Waals surface area contributed by atoms with Crippen molar-refractivity contribution in [2.75, 3.05) is 26.4 Å². The van der Waals surface area contributed by atoms with Crippen LogP contribution in [-0.2, 0) is 32.7 Å². The third kappa shape index (κ3) is 39.7. The topological polar surface area (TPSA) is 149 Å². The second-order valence-corrected chi connectivity index (χ2v) is 15.4. The summed E-state index contributed by atoms with van der Waals surface area (Å²) in [5, 5.41) is 18.3. The summed E-state index contributed by atoms with van der Waals surface area (Å²) in [5.74, 6) is -0.982. The van der Waals surface area contributed by atoms with Crippen molar-refractivity contribution in [1.82, 2.24) is 0 Å². The van der Waals surface area contributed by atoms with Gasteiger partial charge in [0, 0.05) is 12.8 Å². The number of phosphoric acid groups is 1. The molecular formula is C44H77O10P. The second-order valence-electron chi connectivity index (χ2n) is 14.0. The third-order valence-corrected chi connectivity index (χ3v) is 9.61. The van der Waals surface area contributed by atoms with Crippen LogP contribution in [0.15, 0.2) is 60.8 Å². The van der Waals surface area contributed by atoms with E-state index in [0.29, 0.717) is 12.8 Å². The van der Waals surface area contributed by atoms with E-state index in [2.05, 4.69) is 79.1 Å². The predicted octanol–water partition coefficient (Wildman–Crippen LogP) is 11.1. The van der Waals surface area contributed by atoms with Gasteiger partial charge in [0.2, 0.25) is 0 Å². The Bertz CT molecular complexity index is 1100. The largest absolute Gasteiger partial charge is 0.472 e. The zero-order valence-corrected chi connectivity index (χ0v) is 35.3. The number of hydrogen-bond acceptors (Lipinski definition) is 9. The molecular weight excluding hydrogens is 719 g/mol. The van der Waals surface area contributed by atoms with E-state index in [1.54, 1.807) is 0 Å². The molecule has 0 aromatic carbocycles. The minimum Gasteiger partial charge on any atom is -0.462 e. The number of ether oxygens (including phenoxy) is 2. The molecule has 0 aliphatic carbocycles. The molecule has 318 valence electrons. The molecule has 0 rings (SSSR count). The number of phosphoric ester groups is 1. The SMILES string of the molecule is CC/C=C/C/C=C/C/C=C/C/C=C/CCCCC(=O)OC[C@H](COP(=O)(O)OC[C@@H](O)CO)OC(=O)CCCCCCCCC/C=C/CCCCCCCC. The van der Waals surface area contributed by atoms with Gasteiger partial charge in [0.15, 0.2) is 6.10 Å². The average molecular weight is 797 g/mol. The Kier molecular flexibility index (Phi) is 38.2. The third-order valence-electron chi connectivity index (χ3n) is 8.66. The van der Waals surface area contributed by atoms with E-state index in [-0.39, 0.29) is 19.4 Å². The zero-order chi connectivity index (χ0) is 40.5. The fraction of sp³-hybridized carbons (Fsp3) is 0.727. The molecule has 0 spiro atoms. The van der Waals surface area contributed by atoms with Crippen molar-refractivity contribution in [2.24, 2.45) is 0 Å². The number of hydrogen-bond donors (Lipinski definition) is 3. The molecule has 0 amide bonds. The van der Waals surface area contributed by atoms with Crippen LogP contribution in [-0.4, -0.2) is 65.7 Å². The van der Waals surface area contributed by atoms with E-state index < -0.39 is 51.8 Å². The second kappa shape index (κ2) is 39.9. The van der Waals surface area contributed by atoms with Crippen molar-refractivity contribution in [3.8, 4) is 0 Å². The molecule has 0 aliphatic rings. The van der Waals surface area contributed by atoms with Gasteiger partial charge < -0.3 is 24.6 Å². The average Bonchev–Trinajstić information content (AvgIpc) is 3.17. The molecule has 3 atom stereocenters. The minimum atomic E-state index is -4.63. The molecule has 10 nitrogen and oxygen atoms in total. The summed E-state index contributed by atoms with van der Waals surface area (Å²) in [6, 6.07) is 0. The molecule has 3 N–H and O–H groups in total. The Morgan fingerprint density at radius 1 is 0.564 bits per heavy atom. The summed E-state index contributed by atoms with van der Waals surface area (Å²) >= 11 is 0. The lowest BCUT2D eigenvalue weighted by molar-refractivity contribution is -0.161. The molecule has 11 heteroatoms. The highest BCUT2D eigenvalue weighted by atomic mass is 31.2. The monoisotopic (exact) mass is 797 g/mol. The summed E-state index contributed by atoms with van der Waals surface area (Å²) < 4.78 is 32.6. The quantitative estimate of drug-likeness (QED) is 0.0237. The Hall–Kier alpha value is -2.33. The lowest BCUT2D eigenvalue weighted by Gasteiger charge is -2.20. The molecule has 0 aromatic heterocycles. The Morgan fingerprint density at radius 3 is 1.56 bits per heavy atom. The summed E-state index contributed by atoms with van der Waals surface area (Å²) in [7, 11) is -4.63. The van der Waals surface area contributed by atoms with Gasteiger partial charge in [-0.1, -0.05) is 139 Å². The number of aliphatic hydroxyl groups is 2. The number of carbonyl (C=O) groups excluding carboxylic acids is 2. The molecule has 55 heavy (non-hydrogen) atoms. The highest BCUT2D eigenvalue weighted by Gasteiger charge is 2.27. The molecule has 0 aromatic rings. The zero-order valence-electron chi connectivity index (χ0n) is 34.4. The molecule has 0 saturated heterocycles. The van der Waals surface area contributed by atoms with Crippen molar-refractivity contribution in [3.05, 3.63) is 60.8 Å². The van der Waals surface area contributed by atoms with Gasteiger partial charge in [-0.3, -0.25) is 18.6 Å². The number of rotatable bonds is 39. The molecule has 0 bridgehead atoms. The van der Waals surface area contributed by atoms with Crippen LogP contribution in [0.25, 0.3) is 0 Å². The molecule has 0 saturated carbocycles. The van der Waals surface area contributed by atoms with Crippen LogP contribution in [0.4, 0.5) is 0 Å². The van der Waals surface area contributed by atoms with Gasteiger partial charge in [-0.2, -0.15) is 0 Å². The Labute approximate surface area is 334 Å². The summed E-state index contributed by atoms with van der Waals surface area (Å²) in [4.78, 5) is 34.9. The first kappa shape index (κ1) is 52.7. The maximum Gasteiger partial charge on any atom is 0.472 e. The first-order valence-corrected chi connectivity index (χ1v) is 22.7. The first-order chi connectivity index (χ1) is 26.7. The fourth-order valence-electron chi connectivity index (χ4n) is 5.39. The highest BCUT2D eigenvalue weighted by Crippen LogP contribution is 2.43. The van der Waals surface area contributed by atoms with Crippen molar-refractivity contribution >= 4 is 19.8 Å². The fourth-order valence-corrected chi connectivity index (χ4v) is 6.18. The van der Waals surface area contributed by atoms with E-state index in [1.165, 1.54) is 64.2 Å². The molecule has 0 heterocycles. The van der Waals surface area contributed by atoms with Gasteiger partial charge in [0.05, 0.1) is 19.8 Å². The maximum atomic E-state index is 12.6. The van der Waals surface area contributed by atoms with E-state index in [1.807, 2.05) is 0 Å². The summed E-state index contributed by atoms with van der Waals surface area (Å²) in [5.41, 5.74) is 0. The van der Waals surface area contributed by atoms with Crippen LogP contribution in [0.2, 0.25) is 0 Å². The molecule has 0 fully saturated rings. The van der Waals surface area contributed by atoms with Crippen LogP contribution in [0, 0.1) is 0 Å². The first-order valence-electron chi connectivity index (χ1n) is 21.2. The van der Waals surface area contributed by atoms with Crippen LogP contribution < -0.4 is 0 Å². The van der Waals surface area contributed by atoms with Gasteiger partial charge in [0.1, 0.15) is 12.7 Å². The normalized spacial score (nSPS) is 14.5. The summed E-state index contributed by atoms with van der Waals surface area (Å²) in [6.07, 6.45) is 43.3. The van der Waals surface area contributed by atoms with Crippen molar-refractivity contribution < 1.29 is 47.8 Å². The highest BCUT2D eigenvalue weighted by molar-refractivity contribution is 7.47. The van der Waals surface area contributed by atoms with Gasteiger partial charge in [-0.25, -0.2) is 4.57 Å². The Morgan fingerprint density at radius 2 is 1.00 bits per heavy atom. The van der Waals surface area contributed by atoms with Gasteiger partial charge in [0.25, 0.3) is 0 Å². The molecule has 1 unspecified atom stereocenters.